The van der Waals surface area contributed by atoms with E-state index in [-0.39, 0.29) is 18.7 Å². The third kappa shape index (κ3) is 3.59. The molecule has 3 aromatic heterocycles. The normalized spacial score (nSPS) is 11.0. The molecule has 0 unspecified atom stereocenters. The van der Waals surface area contributed by atoms with Crippen molar-refractivity contribution in [2.45, 2.75) is 41.2 Å². The van der Waals surface area contributed by atoms with Gasteiger partial charge in [0.2, 0.25) is 5.91 Å². The van der Waals surface area contributed by atoms with Crippen molar-refractivity contribution < 1.29 is 14.3 Å². The molecule has 1 amide bonds. The molecule has 0 spiro atoms. The number of fused-ring (bicyclic) bond motifs is 1. The summed E-state index contributed by atoms with van der Waals surface area (Å²) in [5.41, 5.74) is 1.79. The van der Waals surface area contributed by atoms with Crippen LogP contribution in [-0.2, 0) is 16.1 Å². The molecule has 1 N–H and O–H groups in total. The quantitative estimate of drug-likeness (QED) is 0.639. The van der Waals surface area contributed by atoms with E-state index in [0.29, 0.717) is 20.8 Å². The zero-order valence-corrected chi connectivity index (χ0v) is 18.0. The molecule has 28 heavy (non-hydrogen) atoms. The fourth-order valence-electron chi connectivity index (χ4n) is 2.87. The van der Waals surface area contributed by atoms with Crippen LogP contribution in [-0.4, -0.2) is 28.0 Å². The lowest BCUT2D eigenvalue weighted by atomic mass is 10.1. The maximum atomic E-state index is 12.7. The summed E-state index contributed by atoms with van der Waals surface area (Å²) in [5, 5.41) is 3.73. The Kier molecular flexibility index (Phi) is 5.66. The highest BCUT2D eigenvalue weighted by molar-refractivity contribution is 7.18. The van der Waals surface area contributed by atoms with E-state index in [1.54, 1.807) is 6.92 Å². The van der Waals surface area contributed by atoms with Crippen LogP contribution in [0.15, 0.2) is 11.1 Å². The number of thiophene rings is 2. The van der Waals surface area contributed by atoms with Crippen molar-refractivity contribution >= 4 is 49.8 Å². The Labute approximate surface area is 170 Å². The summed E-state index contributed by atoms with van der Waals surface area (Å²) >= 11 is 2.78. The Morgan fingerprint density at radius 2 is 1.82 bits per heavy atom. The number of ether oxygens (including phenoxy) is 1. The zero-order valence-electron chi connectivity index (χ0n) is 16.3. The predicted molar refractivity (Wildman–Crippen MR) is 112 cm³/mol. The zero-order chi connectivity index (χ0) is 20.6. The average molecular weight is 420 g/mol. The average Bonchev–Trinajstić information content (AvgIpc) is 3.07. The van der Waals surface area contributed by atoms with Gasteiger partial charge < -0.3 is 10.1 Å². The highest BCUT2D eigenvalue weighted by Crippen LogP contribution is 2.33. The van der Waals surface area contributed by atoms with Crippen LogP contribution < -0.4 is 10.9 Å². The van der Waals surface area contributed by atoms with E-state index in [1.807, 2.05) is 27.7 Å². The van der Waals surface area contributed by atoms with Crippen LogP contribution >= 0.6 is 22.7 Å². The lowest BCUT2D eigenvalue weighted by Crippen LogP contribution is -2.28. The van der Waals surface area contributed by atoms with Crippen LogP contribution in [0, 0.1) is 27.7 Å². The highest BCUT2D eigenvalue weighted by Gasteiger charge is 2.22. The van der Waals surface area contributed by atoms with Crippen LogP contribution in [0.2, 0.25) is 0 Å². The van der Waals surface area contributed by atoms with E-state index in [0.717, 1.165) is 20.9 Å². The summed E-state index contributed by atoms with van der Waals surface area (Å²) in [7, 11) is 0. The lowest BCUT2D eigenvalue weighted by Gasteiger charge is -2.08. The number of nitrogens with one attached hydrogen (secondary N) is 1. The molecule has 7 nitrogen and oxygen atoms in total. The molecule has 9 heteroatoms. The fourth-order valence-corrected chi connectivity index (χ4v) is 4.92. The second-order valence-electron chi connectivity index (χ2n) is 6.40. The Morgan fingerprint density at radius 3 is 2.50 bits per heavy atom. The van der Waals surface area contributed by atoms with Crippen LogP contribution in [0.25, 0.3) is 10.2 Å². The molecule has 0 bridgehead atoms. The Morgan fingerprint density at radius 1 is 1.14 bits per heavy atom. The summed E-state index contributed by atoms with van der Waals surface area (Å²) in [6.45, 7) is 9.31. The molecule has 3 aromatic rings. The number of rotatable bonds is 5. The molecule has 0 atom stereocenters. The van der Waals surface area contributed by atoms with Gasteiger partial charge in [0.1, 0.15) is 16.4 Å². The third-order valence-corrected chi connectivity index (χ3v) is 6.83. The first kappa shape index (κ1) is 20.2. The predicted octanol–water partition coefficient (Wildman–Crippen LogP) is 3.57. The molecule has 0 fully saturated rings. The van der Waals surface area contributed by atoms with Crippen molar-refractivity contribution in [3.8, 4) is 0 Å². The first-order chi connectivity index (χ1) is 13.2. The second kappa shape index (κ2) is 7.84. The first-order valence-electron chi connectivity index (χ1n) is 8.76. The van der Waals surface area contributed by atoms with Gasteiger partial charge in [-0.1, -0.05) is 0 Å². The number of hydrogen-bond donors (Lipinski definition) is 1. The molecule has 0 saturated heterocycles. The summed E-state index contributed by atoms with van der Waals surface area (Å²) in [6, 6.07) is 0. The lowest BCUT2D eigenvalue weighted by molar-refractivity contribution is -0.116. The van der Waals surface area contributed by atoms with Gasteiger partial charge in [-0.2, -0.15) is 0 Å². The van der Waals surface area contributed by atoms with Gasteiger partial charge >= 0.3 is 5.97 Å². The molecule has 3 heterocycles. The Bertz CT molecular complexity index is 1140. The molecule has 148 valence electrons. The van der Waals surface area contributed by atoms with E-state index in [9.17, 15) is 14.4 Å². The maximum Gasteiger partial charge on any atom is 0.341 e. The number of hydrogen-bond acceptors (Lipinski definition) is 7. The van der Waals surface area contributed by atoms with Crippen LogP contribution in [0.4, 0.5) is 5.00 Å². The number of anilines is 1. The van der Waals surface area contributed by atoms with Gasteiger partial charge in [0.25, 0.3) is 5.56 Å². The third-order valence-electron chi connectivity index (χ3n) is 4.59. The van der Waals surface area contributed by atoms with Gasteiger partial charge in [0.15, 0.2) is 0 Å². The Balaban J connectivity index is 1.88. The van der Waals surface area contributed by atoms with Crippen LogP contribution in [0.5, 0.6) is 0 Å². The second-order valence-corrected chi connectivity index (χ2v) is 8.82. The molecular weight excluding hydrogens is 398 g/mol. The van der Waals surface area contributed by atoms with E-state index < -0.39 is 11.9 Å². The van der Waals surface area contributed by atoms with E-state index >= 15 is 0 Å². The molecule has 3 rings (SSSR count). The molecule has 0 aromatic carbocycles. The Hall–Kier alpha value is -2.52. The van der Waals surface area contributed by atoms with Crippen molar-refractivity contribution in [1.29, 1.82) is 0 Å². The SMILES string of the molecule is CCOC(=O)c1c(NC(=O)Cn2cnc3sc(C)c(C)c3c2=O)sc(C)c1C. The van der Waals surface area contributed by atoms with Crippen LogP contribution in [0.1, 0.15) is 38.2 Å². The summed E-state index contributed by atoms with van der Waals surface area (Å²) in [6.07, 6.45) is 1.39. The van der Waals surface area contributed by atoms with Gasteiger partial charge in [-0.25, -0.2) is 9.78 Å². The fraction of sp³-hybridized carbons (Fsp3) is 0.368. The van der Waals surface area contributed by atoms with Crippen molar-refractivity contribution in [2.75, 3.05) is 11.9 Å². The standard InChI is InChI=1S/C19H21N3O4S2/c1-6-26-19(25)15-10(3)12(5)28-17(15)21-13(23)7-22-8-20-16-14(18(22)24)9(2)11(4)27-16/h8H,6-7H2,1-5H3,(H,21,23). The molecule has 0 radical (unpaired) electrons. The van der Waals surface area contributed by atoms with Crippen molar-refractivity contribution in [3.05, 3.63) is 43.1 Å². The van der Waals surface area contributed by atoms with Gasteiger partial charge in [-0.05, 0) is 45.7 Å². The number of nitrogens with zero attached hydrogens (tertiary/aromatic N) is 2. The van der Waals surface area contributed by atoms with Gasteiger partial charge in [0.05, 0.1) is 23.9 Å². The highest BCUT2D eigenvalue weighted by atomic mass is 32.1. The minimum absolute atomic E-state index is 0.186. The van der Waals surface area contributed by atoms with Crippen molar-refractivity contribution in [1.82, 2.24) is 9.55 Å². The molecule has 0 saturated carbocycles. The molecule has 0 aliphatic rings. The number of carbonyl (C=O) groups is 2. The minimum atomic E-state index is -0.468. The molecule has 0 aliphatic carbocycles. The number of amides is 1. The van der Waals surface area contributed by atoms with Gasteiger partial charge in [0, 0.05) is 9.75 Å². The first-order valence-corrected chi connectivity index (χ1v) is 10.4. The molecular formula is C19H21N3O4S2. The van der Waals surface area contributed by atoms with Gasteiger partial charge in [-0.3, -0.25) is 14.2 Å². The van der Waals surface area contributed by atoms with Crippen molar-refractivity contribution in [3.63, 3.8) is 0 Å². The summed E-state index contributed by atoms with van der Waals surface area (Å²) in [4.78, 5) is 44.5. The number of aryl methyl sites for hydroxylation is 3. The topological polar surface area (TPSA) is 90.3 Å². The van der Waals surface area contributed by atoms with Crippen molar-refractivity contribution in [2.24, 2.45) is 0 Å². The number of esters is 1. The summed E-state index contributed by atoms with van der Waals surface area (Å²) in [5.74, 6) is -0.871. The van der Waals surface area contributed by atoms with Crippen LogP contribution in [0.3, 0.4) is 0 Å². The van der Waals surface area contributed by atoms with E-state index in [1.165, 1.54) is 33.6 Å². The largest absolute Gasteiger partial charge is 0.462 e. The minimum Gasteiger partial charge on any atom is -0.462 e. The smallest absolute Gasteiger partial charge is 0.341 e. The molecule has 0 aliphatic heterocycles. The monoisotopic (exact) mass is 419 g/mol. The summed E-state index contributed by atoms with van der Waals surface area (Å²) < 4.78 is 6.38. The number of carbonyl (C=O) groups excluding carboxylic acids is 2. The van der Waals surface area contributed by atoms with Gasteiger partial charge in [-0.15, -0.1) is 22.7 Å². The number of aromatic nitrogens is 2. The van der Waals surface area contributed by atoms with E-state index in [4.69, 9.17) is 4.74 Å². The van der Waals surface area contributed by atoms with E-state index in [2.05, 4.69) is 10.3 Å². The maximum absolute atomic E-state index is 12.7.